The second-order valence-corrected chi connectivity index (χ2v) is 19.1. The van der Waals surface area contributed by atoms with Crippen molar-refractivity contribution in [2.24, 2.45) is 0 Å². The van der Waals surface area contributed by atoms with Crippen molar-refractivity contribution in [3.8, 4) is 46.0 Å². The Morgan fingerprint density at radius 2 is 0.658 bits per heavy atom. The first-order valence-electron chi connectivity index (χ1n) is 24.6. The molecule has 0 atom stereocenters. The van der Waals surface area contributed by atoms with Crippen molar-refractivity contribution >= 4 is 98.0 Å². The molecule has 0 aliphatic carbocycles. The molecule has 0 fully saturated rings. The van der Waals surface area contributed by atoms with E-state index in [1.807, 2.05) is 0 Å². The molecule has 15 rings (SSSR count). The number of hydrogen-bond acceptors (Lipinski definition) is 2. The predicted octanol–water partition coefficient (Wildman–Crippen LogP) is 16.9. The van der Waals surface area contributed by atoms with Gasteiger partial charge in [-0.1, -0.05) is 163 Å². The van der Waals surface area contributed by atoms with Crippen LogP contribution in [0.2, 0.25) is 0 Å². The van der Waals surface area contributed by atoms with Gasteiger partial charge in [-0.3, -0.25) is 0 Å². The summed E-state index contributed by atoms with van der Waals surface area (Å²) in [6.07, 6.45) is 0. The Bertz CT molecular complexity index is 4670. The Labute approximate surface area is 418 Å². The van der Waals surface area contributed by atoms with Crippen LogP contribution in [-0.2, 0) is 0 Å². The lowest BCUT2D eigenvalue weighted by Crippen LogP contribution is -2.14. The molecule has 11 aromatic carbocycles. The van der Waals surface area contributed by atoms with Crippen LogP contribution in [-0.4, -0.2) is 18.3 Å². The minimum Gasteiger partial charge on any atom is -0.309 e. The average Bonchev–Trinajstić information content (AvgIpc) is 4.21. The molecular formula is C67H40N6. The topological polar surface area (TPSA) is 67.3 Å². The standard InChI is InChI=1S/C67H40N6/c1-41-31-33-42(34-32-41)64-66(71-57-27-13-7-21-46(57)47-22-8-14-28-58(47)71)54(39-68)65(55(40-69)67(64)72-59-29-15-9-23-48(59)49-24-10-16-30-60(49)72)73-61-36-44-18-6-5-17-43(44)35-51(61)53-38-62-52(37-63(53)73)50-25-11-12-26-56(50)70(62)45-19-3-2-4-20-45/h2-38H,1H3. The molecule has 73 heavy (non-hydrogen) atoms. The highest BCUT2D eigenvalue weighted by atomic mass is 15.1. The molecule has 0 bridgehead atoms. The molecule has 0 amide bonds. The van der Waals surface area contributed by atoms with Crippen LogP contribution in [0, 0.1) is 29.6 Å². The third-order valence-corrected chi connectivity index (χ3v) is 15.3. The van der Waals surface area contributed by atoms with Crippen molar-refractivity contribution in [1.82, 2.24) is 18.3 Å². The van der Waals surface area contributed by atoms with Crippen LogP contribution in [0.1, 0.15) is 16.7 Å². The monoisotopic (exact) mass is 928 g/mol. The van der Waals surface area contributed by atoms with Crippen LogP contribution in [0.25, 0.3) is 132 Å². The number of rotatable bonds is 5. The highest BCUT2D eigenvalue weighted by Gasteiger charge is 2.33. The zero-order valence-corrected chi connectivity index (χ0v) is 39.5. The Morgan fingerprint density at radius 1 is 0.301 bits per heavy atom. The molecule has 0 radical (unpaired) electrons. The van der Waals surface area contributed by atoms with Crippen molar-refractivity contribution in [2.45, 2.75) is 6.92 Å². The van der Waals surface area contributed by atoms with Gasteiger partial charge in [0.05, 0.1) is 61.2 Å². The van der Waals surface area contributed by atoms with E-state index in [9.17, 15) is 10.5 Å². The van der Waals surface area contributed by atoms with Gasteiger partial charge in [0, 0.05) is 54.3 Å². The van der Waals surface area contributed by atoms with E-state index in [1.165, 1.54) is 0 Å². The van der Waals surface area contributed by atoms with Crippen molar-refractivity contribution in [1.29, 1.82) is 10.5 Å². The number of hydrogen-bond donors (Lipinski definition) is 0. The molecule has 338 valence electrons. The van der Waals surface area contributed by atoms with Gasteiger partial charge in [-0.05, 0) is 90.0 Å². The summed E-state index contributed by atoms with van der Waals surface area (Å²) in [6.45, 7) is 2.09. The van der Waals surface area contributed by atoms with Crippen molar-refractivity contribution in [3.05, 3.63) is 241 Å². The van der Waals surface area contributed by atoms with Crippen molar-refractivity contribution < 1.29 is 0 Å². The maximum Gasteiger partial charge on any atom is 0.104 e. The van der Waals surface area contributed by atoms with Crippen LogP contribution in [0.5, 0.6) is 0 Å². The molecule has 0 unspecified atom stereocenters. The van der Waals surface area contributed by atoms with E-state index in [2.05, 4.69) is 262 Å². The molecule has 4 heterocycles. The number of nitriles is 2. The molecular weight excluding hydrogens is 889 g/mol. The number of para-hydroxylation sites is 6. The minimum atomic E-state index is 0.391. The SMILES string of the molecule is Cc1ccc(-c2c(-n3c4ccccc4c4ccccc43)c(C#N)c(-n3c4cc5ccccc5cc4c4cc5c(cc43)c3ccccc3n5-c3ccccc3)c(C#N)c2-n2c3ccccc3c3ccccc32)cc1. The Balaban J connectivity index is 1.23. The summed E-state index contributed by atoms with van der Waals surface area (Å²) < 4.78 is 9.17. The molecule has 0 aliphatic heterocycles. The molecule has 0 aliphatic rings. The molecule has 6 nitrogen and oxygen atoms in total. The summed E-state index contributed by atoms with van der Waals surface area (Å²) in [5.41, 5.74) is 14.4. The molecule has 6 heteroatoms. The van der Waals surface area contributed by atoms with E-state index in [1.54, 1.807) is 0 Å². The van der Waals surface area contributed by atoms with Gasteiger partial charge >= 0.3 is 0 Å². The largest absolute Gasteiger partial charge is 0.309 e. The first-order chi connectivity index (χ1) is 36.1. The number of benzene rings is 11. The summed E-state index contributed by atoms with van der Waals surface area (Å²) in [7, 11) is 0. The van der Waals surface area contributed by atoms with Crippen LogP contribution >= 0.6 is 0 Å². The zero-order valence-electron chi connectivity index (χ0n) is 39.5. The highest BCUT2D eigenvalue weighted by Crippen LogP contribution is 2.50. The molecule has 15 aromatic rings. The van der Waals surface area contributed by atoms with Crippen LogP contribution in [0.15, 0.2) is 224 Å². The van der Waals surface area contributed by atoms with Gasteiger partial charge in [0.15, 0.2) is 0 Å². The maximum absolute atomic E-state index is 12.4. The van der Waals surface area contributed by atoms with E-state index in [-0.39, 0.29) is 0 Å². The van der Waals surface area contributed by atoms with Gasteiger partial charge in [-0.15, -0.1) is 0 Å². The summed E-state index contributed by atoms with van der Waals surface area (Å²) in [5, 5.41) is 35.5. The Hall–Kier alpha value is -10.1. The van der Waals surface area contributed by atoms with Gasteiger partial charge < -0.3 is 18.3 Å². The normalized spacial score (nSPS) is 11.9. The minimum absolute atomic E-state index is 0.391. The lowest BCUT2D eigenvalue weighted by atomic mass is 9.91. The van der Waals surface area contributed by atoms with Gasteiger partial charge in [0.2, 0.25) is 0 Å². The molecule has 0 saturated heterocycles. The fraction of sp³-hybridized carbons (Fsp3) is 0.0149. The van der Waals surface area contributed by atoms with Gasteiger partial charge in [-0.25, -0.2) is 0 Å². The number of aromatic nitrogens is 4. The Morgan fingerprint density at radius 3 is 1.15 bits per heavy atom. The van der Waals surface area contributed by atoms with Crippen molar-refractivity contribution in [3.63, 3.8) is 0 Å². The third-order valence-electron chi connectivity index (χ3n) is 15.3. The summed E-state index contributed by atoms with van der Waals surface area (Å²) >= 11 is 0. The van der Waals surface area contributed by atoms with Crippen molar-refractivity contribution in [2.75, 3.05) is 0 Å². The number of nitrogens with zero attached hydrogens (tertiary/aromatic N) is 6. The molecule has 4 aromatic heterocycles. The number of fused-ring (bicyclic) bond motifs is 13. The quantitative estimate of drug-likeness (QED) is 0.173. The lowest BCUT2D eigenvalue weighted by molar-refractivity contribution is 1.08. The Kier molecular flexibility index (Phi) is 8.61. The van der Waals surface area contributed by atoms with E-state index in [0.29, 0.717) is 28.2 Å². The van der Waals surface area contributed by atoms with E-state index in [4.69, 9.17) is 0 Å². The fourth-order valence-electron chi connectivity index (χ4n) is 12.2. The van der Waals surface area contributed by atoms with Gasteiger partial charge in [0.1, 0.15) is 23.3 Å². The molecule has 0 spiro atoms. The maximum atomic E-state index is 12.4. The predicted molar refractivity (Wildman–Crippen MR) is 301 cm³/mol. The second kappa shape index (κ2) is 15.4. The molecule has 0 saturated carbocycles. The summed E-state index contributed by atoms with van der Waals surface area (Å²) in [6, 6.07) is 84.9. The van der Waals surface area contributed by atoms with Gasteiger partial charge in [0.25, 0.3) is 0 Å². The third kappa shape index (κ3) is 5.66. The first-order valence-corrected chi connectivity index (χ1v) is 24.6. The number of aryl methyl sites for hydroxylation is 1. The van der Waals surface area contributed by atoms with Crippen LogP contribution < -0.4 is 0 Å². The summed E-state index contributed by atoms with van der Waals surface area (Å²) in [5.74, 6) is 0. The van der Waals surface area contributed by atoms with Gasteiger partial charge in [-0.2, -0.15) is 10.5 Å². The lowest BCUT2D eigenvalue weighted by Gasteiger charge is -2.26. The smallest absolute Gasteiger partial charge is 0.104 e. The van der Waals surface area contributed by atoms with E-state index in [0.717, 1.165) is 120 Å². The molecule has 0 N–H and O–H groups in total. The fourth-order valence-corrected chi connectivity index (χ4v) is 12.2. The van der Waals surface area contributed by atoms with E-state index < -0.39 is 0 Å². The average molecular weight is 929 g/mol. The highest BCUT2D eigenvalue weighted by molar-refractivity contribution is 6.21. The first kappa shape index (κ1) is 40.7. The zero-order chi connectivity index (χ0) is 48.5. The second-order valence-electron chi connectivity index (χ2n) is 19.1. The van der Waals surface area contributed by atoms with E-state index >= 15 is 0 Å². The summed E-state index contributed by atoms with van der Waals surface area (Å²) in [4.78, 5) is 0. The van der Waals surface area contributed by atoms with Crippen LogP contribution in [0.3, 0.4) is 0 Å². The van der Waals surface area contributed by atoms with Crippen LogP contribution in [0.4, 0.5) is 0 Å².